The van der Waals surface area contributed by atoms with Crippen LogP contribution in [-0.2, 0) is 0 Å². The molecule has 0 atom stereocenters. The average Bonchev–Trinajstić information content (AvgIpc) is 2.11. The van der Waals surface area contributed by atoms with Crippen LogP contribution in [0.3, 0.4) is 0 Å². The summed E-state index contributed by atoms with van der Waals surface area (Å²) in [5.74, 6) is 0.704. The van der Waals surface area contributed by atoms with Gasteiger partial charge in [0.25, 0.3) is 0 Å². The van der Waals surface area contributed by atoms with E-state index in [2.05, 4.69) is 16.9 Å². The third-order valence-corrected chi connectivity index (χ3v) is 2.22. The molecular weight excluding hydrogens is 212 g/mol. The van der Waals surface area contributed by atoms with Crippen molar-refractivity contribution in [2.24, 2.45) is 9.98 Å². The summed E-state index contributed by atoms with van der Waals surface area (Å²) < 4.78 is 0. The van der Waals surface area contributed by atoms with Gasteiger partial charge >= 0.3 is 0 Å². The highest BCUT2D eigenvalue weighted by atomic mass is 35.5. The second-order valence-corrected chi connectivity index (χ2v) is 3.79. The molecule has 0 saturated carbocycles. The Labute approximate surface area is 94.9 Å². The van der Waals surface area contributed by atoms with Crippen molar-refractivity contribution < 1.29 is 0 Å². The molecule has 0 fully saturated rings. The zero-order valence-corrected chi connectivity index (χ0v) is 9.97. The molecule has 0 aliphatic carbocycles. The van der Waals surface area contributed by atoms with E-state index < -0.39 is 0 Å². The molecular formula is C10H15ClN4. The molecule has 1 rings (SSSR count). The third kappa shape index (κ3) is 3.16. The van der Waals surface area contributed by atoms with E-state index in [-0.39, 0.29) is 5.84 Å². The molecule has 0 bridgehead atoms. The molecule has 0 spiro atoms. The lowest BCUT2D eigenvalue weighted by atomic mass is 10.2. The van der Waals surface area contributed by atoms with Crippen LogP contribution in [0.1, 0.15) is 20.3 Å². The Kier molecular flexibility index (Phi) is 4.03. The average molecular weight is 227 g/mol. The summed E-state index contributed by atoms with van der Waals surface area (Å²) >= 11 is 5.95. The van der Waals surface area contributed by atoms with Crippen molar-refractivity contribution in [3.63, 3.8) is 0 Å². The second kappa shape index (κ2) is 5.07. The van der Waals surface area contributed by atoms with Crippen LogP contribution in [-0.4, -0.2) is 35.3 Å². The number of hydrogen-bond donors (Lipinski definition) is 1. The number of aliphatic imine (C=N–C) groups is 2. The maximum atomic E-state index is 7.68. The molecule has 0 aromatic carbocycles. The van der Waals surface area contributed by atoms with Crippen LogP contribution < -0.4 is 0 Å². The SMILES string of the molecule is CCCN(C)/C=C1\C(=N)N=C(C)N=C1Cl. The van der Waals surface area contributed by atoms with Gasteiger partial charge in [0.15, 0.2) is 5.84 Å². The zero-order valence-electron chi connectivity index (χ0n) is 9.21. The molecule has 0 aromatic heterocycles. The zero-order chi connectivity index (χ0) is 11.4. The van der Waals surface area contributed by atoms with Gasteiger partial charge in [0.2, 0.25) is 0 Å². The number of amidine groups is 2. The molecule has 15 heavy (non-hydrogen) atoms. The fraction of sp³-hybridized carbons (Fsp3) is 0.500. The predicted molar refractivity (Wildman–Crippen MR) is 65.1 cm³/mol. The summed E-state index contributed by atoms with van der Waals surface area (Å²) in [6, 6.07) is 0. The topological polar surface area (TPSA) is 51.8 Å². The second-order valence-electron chi connectivity index (χ2n) is 3.43. The van der Waals surface area contributed by atoms with E-state index in [0.29, 0.717) is 16.6 Å². The van der Waals surface area contributed by atoms with Crippen LogP contribution in [0.15, 0.2) is 21.8 Å². The summed E-state index contributed by atoms with van der Waals surface area (Å²) in [7, 11) is 1.94. The fourth-order valence-corrected chi connectivity index (χ4v) is 1.56. The van der Waals surface area contributed by atoms with Crippen LogP contribution in [0.4, 0.5) is 0 Å². The van der Waals surface area contributed by atoms with Gasteiger partial charge in [0.1, 0.15) is 11.0 Å². The normalized spacial score (nSPS) is 18.9. The minimum atomic E-state index is 0.176. The molecule has 0 amide bonds. The van der Waals surface area contributed by atoms with Gasteiger partial charge in [-0.3, -0.25) is 5.41 Å². The van der Waals surface area contributed by atoms with Gasteiger partial charge < -0.3 is 4.90 Å². The monoisotopic (exact) mass is 226 g/mol. The van der Waals surface area contributed by atoms with Crippen molar-refractivity contribution in [3.8, 4) is 0 Å². The Balaban J connectivity index is 2.88. The van der Waals surface area contributed by atoms with Crippen molar-refractivity contribution in [3.05, 3.63) is 11.8 Å². The number of rotatable bonds is 3. The lowest BCUT2D eigenvalue weighted by molar-refractivity contribution is 0.454. The van der Waals surface area contributed by atoms with E-state index in [9.17, 15) is 0 Å². The van der Waals surface area contributed by atoms with Gasteiger partial charge in [-0.2, -0.15) is 0 Å². The van der Waals surface area contributed by atoms with Crippen LogP contribution >= 0.6 is 11.6 Å². The first-order valence-corrected chi connectivity index (χ1v) is 5.23. The molecule has 1 heterocycles. The Hall–Kier alpha value is -1.16. The molecule has 0 aromatic rings. The maximum absolute atomic E-state index is 7.68. The molecule has 1 aliphatic heterocycles. The highest BCUT2D eigenvalue weighted by molar-refractivity contribution is 6.73. The van der Waals surface area contributed by atoms with E-state index in [1.54, 1.807) is 6.92 Å². The van der Waals surface area contributed by atoms with Crippen molar-refractivity contribution in [2.45, 2.75) is 20.3 Å². The van der Waals surface area contributed by atoms with Crippen molar-refractivity contribution in [1.82, 2.24) is 4.90 Å². The predicted octanol–water partition coefficient (Wildman–Crippen LogP) is 2.26. The smallest absolute Gasteiger partial charge is 0.158 e. The lowest BCUT2D eigenvalue weighted by Crippen LogP contribution is -2.19. The van der Waals surface area contributed by atoms with E-state index in [4.69, 9.17) is 17.0 Å². The minimum Gasteiger partial charge on any atom is -0.380 e. The Morgan fingerprint density at radius 1 is 1.47 bits per heavy atom. The lowest BCUT2D eigenvalue weighted by Gasteiger charge is -2.16. The number of hydrogen-bond acceptors (Lipinski definition) is 3. The van der Waals surface area contributed by atoms with Crippen LogP contribution in [0.5, 0.6) is 0 Å². The van der Waals surface area contributed by atoms with Crippen LogP contribution in [0, 0.1) is 5.41 Å². The first kappa shape index (κ1) is 11.9. The minimum absolute atomic E-state index is 0.176. The maximum Gasteiger partial charge on any atom is 0.158 e. The Morgan fingerprint density at radius 2 is 2.13 bits per heavy atom. The van der Waals surface area contributed by atoms with Crippen molar-refractivity contribution in [2.75, 3.05) is 13.6 Å². The van der Waals surface area contributed by atoms with Gasteiger partial charge in [-0.05, 0) is 13.3 Å². The number of nitrogens with zero attached hydrogens (tertiary/aromatic N) is 3. The summed E-state index contributed by atoms with van der Waals surface area (Å²) in [4.78, 5) is 9.97. The van der Waals surface area contributed by atoms with E-state index in [1.165, 1.54) is 0 Å². The van der Waals surface area contributed by atoms with E-state index in [1.807, 2.05) is 18.1 Å². The molecule has 1 N–H and O–H groups in total. The van der Waals surface area contributed by atoms with E-state index in [0.717, 1.165) is 13.0 Å². The van der Waals surface area contributed by atoms with Crippen molar-refractivity contribution in [1.29, 1.82) is 5.41 Å². The van der Waals surface area contributed by atoms with Crippen molar-refractivity contribution >= 4 is 28.4 Å². The van der Waals surface area contributed by atoms with E-state index >= 15 is 0 Å². The first-order valence-electron chi connectivity index (χ1n) is 4.85. The summed E-state index contributed by atoms with van der Waals surface area (Å²) in [5.41, 5.74) is 0.582. The Morgan fingerprint density at radius 3 is 2.67 bits per heavy atom. The van der Waals surface area contributed by atoms with Gasteiger partial charge in [0.05, 0.1) is 5.57 Å². The largest absolute Gasteiger partial charge is 0.380 e. The highest BCUT2D eigenvalue weighted by Gasteiger charge is 2.16. The molecule has 82 valence electrons. The highest BCUT2D eigenvalue weighted by Crippen LogP contribution is 2.12. The molecule has 5 heteroatoms. The molecule has 4 nitrogen and oxygen atoms in total. The van der Waals surface area contributed by atoms with Crippen LogP contribution in [0.25, 0.3) is 0 Å². The summed E-state index contributed by atoms with van der Waals surface area (Å²) in [6.45, 7) is 4.74. The first-order chi connectivity index (χ1) is 7.04. The van der Waals surface area contributed by atoms with Gasteiger partial charge in [-0.15, -0.1) is 0 Å². The fourth-order valence-electron chi connectivity index (χ4n) is 1.30. The van der Waals surface area contributed by atoms with Crippen LogP contribution in [0.2, 0.25) is 0 Å². The van der Waals surface area contributed by atoms with Gasteiger partial charge in [-0.1, -0.05) is 18.5 Å². The quantitative estimate of drug-likeness (QED) is 0.789. The molecule has 0 unspecified atom stereocenters. The standard InChI is InChI=1S/C10H15ClN4/c1-4-5-15(3)6-8-9(11)13-7(2)14-10(8)12/h6,12H,4-5H2,1-3H3/b8-6-,12-10?. The number of halogens is 1. The summed E-state index contributed by atoms with van der Waals surface area (Å²) in [6.07, 6.45) is 2.86. The Bertz CT molecular complexity index is 354. The third-order valence-electron chi connectivity index (χ3n) is 1.94. The number of nitrogens with one attached hydrogen (secondary N) is 1. The van der Waals surface area contributed by atoms with Gasteiger partial charge in [-0.25, -0.2) is 9.98 Å². The van der Waals surface area contributed by atoms with Gasteiger partial charge in [0, 0.05) is 19.8 Å². The summed E-state index contributed by atoms with van der Waals surface area (Å²) in [5, 5.41) is 8.03. The molecule has 0 saturated heterocycles. The molecule has 1 aliphatic rings. The molecule has 0 radical (unpaired) electrons.